The van der Waals surface area contributed by atoms with Gasteiger partial charge in [0.1, 0.15) is 23.4 Å². The van der Waals surface area contributed by atoms with Gasteiger partial charge in [0, 0.05) is 17.9 Å². The highest BCUT2D eigenvalue weighted by molar-refractivity contribution is 5.95. The summed E-state index contributed by atoms with van der Waals surface area (Å²) in [5.74, 6) is -7.47. The van der Waals surface area contributed by atoms with Gasteiger partial charge in [0.05, 0.1) is 6.42 Å². The molecule has 0 spiro atoms. The van der Waals surface area contributed by atoms with Crippen LogP contribution in [0.25, 0.3) is 0 Å². The number of ether oxygens (including phenoxy) is 1. The van der Waals surface area contributed by atoms with Crippen molar-refractivity contribution in [3.8, 4) is 5.75 Å². The second-order valence-electron chi connectivity index (χ2n) is 7.50. The van der Waals surface area contributed by atoms with Gasteiger partial charge in [0.25, 0.3) is 0 Å². The van der Waals surface area contributed by atoms with Crippen molar-refractivity contribution in [2.24, 2.45) is 11.7 Å². The average molecular weight is 545 g/mol. The number of carbonyl (C=O) groups is 5. The molecule has 2 atom stereocenters. The van der Waals surface area contributed by atoms with Crippen molar-refractivity contribution >= 4 is 35.6 Å². The predicted octanol–water partition coefficient (Wildman–Crippen LogP) is 1.64. The summed E-state index contributed by atoms with van der Waals surface area (Å²) in [6.07, 6.45) is -5.79. The Hall–Kier alpha value is -4.89. The maximum Gasteiger partial charge on any atom is 0.490 e. The monoisotopic (exact) mass is 545 g/mol. The van der Waals surface area contributed by atoms with E-state index in [1.165, 1.54) is 43.3 Å². The number of esters is 1. The molecule has 0 radical (unpaired) electrons. The van der Waals surface area contributed by atoms with Gasteiger partial charge >= 0.3 is 30.1 Å². The fraction of sp³-hybridized carbons (Fsp3) is 0.273. The van der Waals surface area contributed by atoms with Crippen molar-refractivity contribution in [1.82, 2.24) is 5.32 Å². The van der Waals surface area contributed by atoms with Crippen molar-refractivity contribution in [2.45, 2.75) is 32.0 Å². The molecule has 0 saturated carbocycles. The molecule has 0 unspecified atom stereocenters. The lowest BCUT2D eigenvalue weighted by Crippen LogP contribution is -2.44. The molecule has 206 valence electrons. The third kappa shape index (κ3) is 10.4. The van der Waals surface area contributed by atoms with E-state index >= 15 is 0 Å². The molecule has 1 heterocycles. The number of amides is 1. The lowest BCUT2D eigenvalue weighted by Gasteiger charge is -2.15. The standard InChI is InChI=1S/C20H21N3O8.C2HF3O2/c1-10(18(26)23-14(19(27)28)9-16(24)25)8-13-6-7-15(30-13)20(29)31-12-4-2-11(3-5-12)17(21)22;3-2(4,5)1(6)7/h2-7,10,14H,8-9H2,1H3,(H3,21,22)(H,23,26)(H,24,25)(H,27,28);(H,6,7)/t10-,14-;/m1./s1. The number of rotatable bonds is 10. The summed E-state index contributed by atoms with van der Waals surface area (Å²) >= 11 is 0. The first-order valence-corrected chi connectivity index (χ1v) is 10.3. The number of hydrogen-bond acceptors (Lipinski definition) is 8. The zero-order chi connectivity index (χ0) is 29.2. The number of hydrogen-bond donors (Lipinski definition) is 6. The van der Waals surface area contributed by atoms with Gasteiger partial charge in [-0.05, 0) is 36.4 Å². The number of carbonyl (C=O) groups excluding carboxylic acids is 2. The SMILES string of the molecule is C[C@H](Cc1ccc(C(=O)Oc2ccc(C(=N)N)cc2)o1)C(=O)N[C@H](CC(=O)O)C(=O)O.O=C(O)C(F)(F)F. The molecule has 13 nitrogen and oxygen atoms in total. The molecule has 1 aromatic carbocycles. The first-order valence-electron chi connectivity index (χ1n) is 10.3. The van der Waals surface area contributed by atoms with Crippen LogP contribution in [0.5, 0.6) is 5.75 Å². The molecule has 2 aromatic rings. The fourth-order valence-corrected chi connectivity index (χ4v) is 2.54. The molecular formula is C22H22F3N3O10. The predicted molar refractivity (Wildman–Crippen MR) is 120 cm³/mol. The fourth-order valence-electron chi connectivity index (χ4n) is 2.54. The molecule has 2 rings (SSSR count). The number of nitrogens with two attached hydrogens (primary N) is 1. The molecule has 0 fully saturated rings. The lowest BCUT2D eigenvalue weighted by molar-refractivity contribution is -0.192. The van der Waals surface area contributed by atoms with E-state index in [0.29, 0.717) is 5.56 Å². The van der Waals surface area contributed by atoms with Crippen molar-refractivity contribution in [1.29, 1.82) is 5.41 Å². The summed E-state index contributed by atoms with van der Waals surface area (Å²) in [6, 6.07) is 7.29. The average Bonchev–Trinajstić information content (AvgIpc) is 3.27. The number of carboxylic acid groups (broad SMARTS) is 3. The Bertz CT molecular complexity index is 1190. The van der Waals surface area contributed by atoms with Crippen LogP contribution in [-0.4, -0.2) is 63.2 Å². The van der Waals surface area contributed by atoms with E-state index in [9.17, 15) is 32.3 Å². The number of carboxylic acids is 3. The Morgan fingerprint density at radius 1 is 1.05 bits per heavy atom. The van der Waals surface area contributed by atoms with Crippen molar-refractivity contribution in [2.75, 3.05) is 0 Å². The summed E-state index contributed by atoms with van der Waals surface area (Å²) in [5.41, 5.74) is 5.83. The van der Waals surface area contributed by atoms with E-state index in [-0.39, 0.29) is 29.5 Å². The van der Waals surface area contributed by atoms with E-state index in [1.54, 1.807) is 0 Å². The Balaban J connectivity index is 0.000000905. The highest BCUT2D eigenvalue weighted by Gasteiger charge is 2.38. The highest BCUT2D eigenvalue weighted by atomic mass is 19.4. The maximum atomic E-state index is 12.2. The summed E-state index contributed by atoms with van der Waals surface area (Å²) in [7, 11) is 0. The van der Waals surface area contributed by atoms with Crippen LogP contribution < -0.4 is 15.8 Å². The van der Waals surface area contributed by atoms with E-state index in [0.717, 1.165) is 0 Å². The van der Waals surface area contributed by atoms with Gasteiger partial charge in [-0.2, -0.15) is 13.2 Å². The van der Waals surface area contributed by atoms with E-state index < -0.39 is 54.3 Å². The summed E-state index contributed by atoms with van der Waals surface area (Å²) < 4.78 is 42.3. The molecule has 0 bridgehead atoms. The first kappa shape index (κ1) is 31.1. The number of nitrogens with one attached hydrogen (secondary N) is 2. The second kappa shape index (κ2) is 13.4. The topological polar surface area (TPSA) is 230 Å². The normalized spacial score (nSPS) is 12.2. The van der Waals surface area contributed by atoms with Crippen LogP contribution in [0.4, 0.5) is 13.2 Å². The van der Waals surface area contributed by atoms with Gasteiger partial charge in [-0.25, -0.2) is 14.4 Å². The Labute approximate surface area is 211 Å². The minimum atomic E-state index is -5.08. The number of furan rings is 1. The van der Waals surface area contributed by atoms with Crippen LogP contribution in [0, 0.1) is 11.3 Å². The third-order valence-corrected chi connectivity index (χ3v) is 4.43. The lowest BCUT2D eigenvalue weighted by atomic mass is 10.0. The van der Waals surface area contributed by atoms with Gasteiger partial charge < -0.3 is 35.5 Å². The molecule has 0 saturated heterocycles. The van der Waals surface area contributed by atoms with Crippen LogP contribution in [-0.2, 0) is 25.6 Å². The largest absolute Gasteiger partial charge is 0.490 e. The molecule has 0 aliphatic heterocycles. The number of nitrogen functional groups attached to an aromatic ring is 1. The quantitative estimate of drug-likeness (QED) is 0.109. The summed E-state index contributed by atoms with van der Waals surface area (Å²) in [4.78, 5) is 55.1. The zero-order valence-corrected chi connectivity index (χ0v) is 19.4. The molecule has 0 aliphatic carbocycles. The van der Waals surface area contributed by atoms with Gasteiger partial charge in [0.2, 0.25) is 11.7 Å². The third-order valence-electron chi connectivity index (χ3n) is 4.43. The van der Waals surface area contributed by atoms with Gasteiger partial charge in [-0.1, -0.05) is 6.92 Å². The molecule has 1 aromatic heterocycles. The number of benzene rings is 1. The Morgan fingerprint density at radius 3 is 2.05 bits per heavy atom. The van der Waals surface area contributed by atoms with Crippen LogP contribution in [0.2, 0.25) is 0 Å². The minimum absolute atomic E-state index is 0.0475. The van der Waals surface area contributed by atoms with E-state index in [2.05, 4.69) is 5.32 Å². The van der Waals surface area contributed by atoms with Crippen LogP contribution >= 0.6 is 0 Å². The second-order valence-corrected chi connectivity index (χ2v) is 7.50. The van der Waals surface area contributed by atoms with Crippen LogP contribution in [0.15, 0.2) is 40.8 Å². The van der Waals surface area contributed by atoms with Gasteiger partial charge in [0.15, 0.2) is 0 Å². The molecular weight excluding hydrogens is 523 g/mol. The van der Waals surface area contributed by atoms with Crippen LogP contribution in [0.3, 0.4) is 0 Å². The summed E-state index contributed by atoms with van der Waals surface area (Å²) in [5, 5.41) is 34.4. The molecule has 0 aliphatic rings. The van der Waals surface area contributed by atoms with Crippen molar-refractivity contribution in [3.05, 3.63) is 53.5 Å². The smallest absolute Gasteiger partial charge is 0.481 e. The number of amidine groups is 1. The number of alkyl halides is 3. The summed E-state index contributed by atoms with van der Waals surface area (Å²) in [6.45, 7) is 1.51. The Kier molecular flexibility index (Phi) is 11.0. The van der Waals surface area contributed by atoms with Crippen LogP contribution in [0.1, 0.15) is 35.2 Å². The Morgan fingerprint density at radius 2 is 1.61 bits per heavy atom. The van der Waals surface area contributed by atoms with Crippen molar-refractivity contribution < 1.29 is 61.6 Å². The van der Waals surface area contributed by atoms with E-state index in [4.69, 9.17) is 40.4 Å². The molecule has 1 amide bonds. The molecule has 7 N–H and O–H groups in total. The maximum absolute atomic E-state index is 12.2. The number of aliphatic carboxylic acids is 3. The zero-order valence-electron chi connectivity index (χ0n) is 19.4. The molecule has 38 heavy (non-hydrogen) atoms. The van der Waals surface area contributed by atoms with E-state index in [1.807, 2.05) is 0 Å². The minimum Gasteiger partial charge on any atom is -0.481 e. The van der Waals surface area contributed by atoms with Crippen molar-refractivity contribution in [3.63, 3.8) is 0 Å². The first-order chi connectivity index (χ1) is 17.5. The van der Waals surface area contributed by atoms with Gasteiger partial charge in [-0.15, -0.1) is 0 Å². The number of halogens is 3. The highest BCUT2D eigenvalue weighted by Crippen LogP contribution is 2.18. The van der Waals surface area contributed by atoms with Gasteiger partial charge in [-0.3, -0.25) is 15.0 Å². The molecule has 16 heteroatoms.